The molecule has 0 spiro atoms. The van der Waals surface area contributed by atoms with Gasteiger partial charge in [0.1, 0.15) is 0 Å². The Morgan fingerprint density at radius 2 is 1.88 bits per heavy atom. The van der Waals surface area contributed by atoms with Crippen LogP contribution in [0.4, 0.5) is 0 Å². The molecule has 0 saturated carbocycles. The predicted molar refractivity (Wildman–Crippen MR) is 60.7 cm³/mol. The van der Waals surface area contributed by atoms with Crippen LogP contribution < -0.4 is 0 Å². The maximum atomic E-state index is 10.5. The van der Waals surface area contributed by atoms with Crippen LogP contribution in [0.25, 0.3) is 0 Å². The highest BCUT2D eigenvalue weighted by Gasteiger charge is 2.17. The number of rotatable bonds is 6. The first-order chi connectivity index (χ1) is 7.51. The van der Waals surface area contributed by atoms with Gasteiger partial charge in [0.25, 0.3) is 10.1 Å². The lowest BCUT2D eigenvalue weighted by Crippen LogP contribution is -2.46. The molecule has 7 heteroatoms. The summed E-state index contributed by atoms with van der Waals surface area (Å²) >= 11 is 0. The van der Waals surface area contributed by atoms with Gasteiger partial charge in [0.2, 0.25) is 0 Å². The van der Waals surface area contributed by atoms with E-state index >= 15 is 0 Å². The summed E-state index contributed by atoms with van der Waals surface area (Å²) in [6.45, 7) is 6.80. The van der Waals surface area contributed by atoms with Gasteiger partial charge in [-0.25, -0.2) is 0 Å². The summed E-state index contributed by atoms with van der Waals surface area (Å²) in [5.74, 6) is -0.154. The van der Waals surface area contributed by atoms with Crippen LogP contribution in [0.5, 0.6) is 0 Å². The summed E-state index contributed by atoms with van der Waals surface area (Å²) in [6.07, 6.45) is 0.480. The van der Waals surface area contributed by atoms with E-state index in [0.29, 0.717) is 19.6 Å². The van der Waals surface area contributed by atoms with E-state index < -0.39 is 10.1 Å². The Morgan fingerprint density at radius 3 is 2.38 bits per heavy atom. The Morgan fingerprint density at radius 1 is 1.25 bits per heavy atom. The van der Waals surface area contributed by atoms with Crippen molar-refractivity contribution in [1.29, 1.82) is 0 Å². The van der Waals surface area contributed by atoms with Crippen molar-refractivity contribution in [2.45, 2.75) is 13.3 Å². The molecule has 16 heavy (non-hydrogen) atoms. The average molecular weight is 252 g/mol. The van der Waals surface area contributed by atoms with Gasteiger partial charge >= 0.3 is 0 Å². The SMILES string of the molecule is CCON1CCN(CCCS(=O)(=O)O)CC1. The van der Waals surface area contributed by atoms with Crippen LogP contribution in [-0.2, 0) is 15.0 Å². The normalized spacial score (nSPS) is 20.1. The van der Waals surface area contributed by atoms with Crippen LogP contribution in [0.3, 0.4) is 0 Å². The molecule has 0 bridgehead atoms. The maximum Gasteiger partial charge on any atom is 0.264 e. The second-order valence-electron chi connectivity index (χ2n) is 3.83. The topological polar surface area (TPSA) is 70.1 Å². The standard InChI is InChI=1S/C9H20N2O4S/c1-2-15-11-7-5-10(6-8-11)4-3-9-16(12,13)14/h2-9H2,1H3,(H,12,13,14). The largest absolute Gasteiger partial charge is 0.301 e. The van der Waals surface area contributed by atoms with Crippen molar-refractivity contribution in [2.24, 2.45) is 0 Å². The maximum absolute atomic E-state index is 10.5. The molecule has 1 heterocycles. The van der Waals surface area contributed by atoms with Crippen molar-refractivity contribution in [3.05, 3.63) is 0 Å². The fourth-order valence-electron chi connectivity index (χ4n) is 1.74. The van der Waals surface area contributed by atoms with Crippen LogP contribution in [0.1, 0.15) is 13.3 Å². The molecule has 1 fully saturated rings. The lowest BCUT2D eigenvalue weighted by molar-refractivity contribution is -0.172. The van der Waals surface area contributed by atoms with Gasteiger partial charge in [-0.1, -0.05) is 0 Å². The van der Waals surface area contributed by atoms with Crippen LogP contribution >= 0.6 is 0 Å². The van der Waals surface area contributed by atoms with E-state index in [1.165, 1.54) is 0 Å². The zero-order valence-corrected chi connectivity index (χ0v) is 10.4. The minimum atomic E-state index is -3.81. The van der Waals surface area contributed by atoms with Crippen LogP contribution in [-0.4, -0.2) is 68.0 Å². The molecule has 1 saturated heterocycles. The highest BCUT2D eigenvalue weighted by Crippen LogP contribution is 2.03. The molecule has 0 aromatic carbocycles. The van der Waals surface area contributed by atoms with Crippen LogP contribution in [0, 0.1) is 0 Å². The van der Waals surface area contributed by atoms with E-state index in [4.69, 9.17) is 9.39 Å². The van der Waals surface area contributed by atoms with Gasteiger partial charge < -0.3 is 4.90 Å². The summed E-state index contributed by atoms with van der Waals surface area (Å²) < 4.78 is 29.6. The first kappa shape index (κ1) is 13.9. The highest BCUT2D eigenvalue weighted by atomic mass is 32.2. The third-order valence-electron chi connectivity index (χ3n) is 2.52. The minimum Gasteiger partial charge on any atom is -0.301 e. The first-order valence-electron chi connectivity index (χ1n) is 5.56. The predicted octanol–water partition coefficient (Wildman–Crippen LogP) is -0.167. The average Bonchev–Trinajstić information content (AvgIpc) is 2.19. The molecule has 6 nitrogen and oxygen atoms in total. The molecule has 0 amide bonds. The smallest absolute Gasteiger partial charge is 0.264 e. The summed E-state index contributed by atoms with van der Waals surface area (Å²) in [6, 6.07) is 0. The molecule has 0 aromatic heterocycles. The van der Waals surface area contributed by atoms with E-state index in [1.54, 1.807) is 0 Å². The molecular weight excluding hydrogens is 232 g/mol. The number of piperazine rings is 1. The number of nitrogens with zero attached hydrogens (tertiary/aromatic N) is 2. The Kier molecular flexibility index (Phi) is 5.63. The third-order valence-corrected chi connectivity index (χ3v) is 3.32. The van der Waals surface area contributed by atoms with Crippen LogP contribution in [0.2, 0.25) is 0 Å². The molecule has 1 rings (SSSR count). The summed E-state index contributed by atoms with van der Waals surface area (Å²) in [5.41, 5.74) is 0. The molecule has 0 aliphatic carbocycles. The van der Waals surface area contributed by atoms with E-state index in [1.807, 2.05) is 12.0 Å². The molecular formula is C9H20N2O4S. The molecule has 0 unspecified atom stereocenters. The quantitative estimate of drug-likeness (QED) is 0.662. The Bertz CT molecular complexity index is 286. The highest BCUT2D eigenvalue weighted by molar-refractivity contribution is 7.85. The van der Waals surface area contributed by atoms with Crippen molar-refractivity contribution in [2.75, 3.05) is 45.1 Å². The van der Waals surface area contributed by atoms with Gasteiger partial charge in [-0.2, -0.15) is 13.5 Å². The fraction of sp³-hybridized carbons (Fsp3) is 1.00. The summed E-state index contributed by atoms with van der Waals surface area (Å²) in [4.78, 5) is 7.54. The lowest BCUT2D eigenvalue weighted by atomic mass is 10.3. The van der Waals surface area contributed by atoms with Gasteiger partial charge in [-0.3, -0.25) is 9.39 Å². The van der Waals surface area contributed by atoms with Gasteiger partial charge in [0, 0.05) is 26.2 Å². The Balaban J connectivity index is 2.13. The van der Waals surface area contributed by atoms with E-state index in [2.05, 4.69) is 4.90 Å². The number of hydroxylamine groups is 2. The Hall–Kier alpha value is -0.210. The molecule has 1 N–H and O–H groups in total. The monoisotopic (exact) mass is 252 g/mol. The molecule has 0 aromatic rings. The van der Waals surface area contributed by atoms with Gasteiger partial charge in [-0.05, 0) is 19.9 Å². The third kappa shape index (κ3) is 5.76. The fourth-order valence-corrected chi connectivity index (χ4v) is 2.23. The first-order valence-corrected chi connectivity index (χ1v) is 7.17. The number of hydrogen-bond donors (Lipinski definition) is 1. The Labute approximate surface area is 96.9 Å². The zero-order chi connectivity index (χ0) is 12.0. The number of hydrogen-bond acceptors (Lipinski definition) is 5. The van der Waals surface area contributed by atoms with E-state index in [-0.39, 0.29) is 5.75 Å². The second kappa shape index (κ2) is 6.51. The van der Waals surface area contributed by atoms with E-state index in [0.717, 1.165) is 26.2 Å². The second-order valence-corrected chi connectivity index (χ2v) is 5.40. The van der Waals surface area contributed by atoms with Crippen molar-refractivity contribution < 1.29 is 17.8 Å². The summed E-state index contributed by atoms with van der Waals surface area (Å²) in [5, 5.41) is 1.93. The summed E-state index contributed by atoms with van der Waals surface area (Å²) in [7, 11) is -3.81. The van der Waals surface area contributed by atoms with Crippen molar-refractivity contribution in [1.82, 2.24) is 9.96 Å². The van der Waals surface area contributed by atoms with Crippen molar-refractivity contribution >= 4 is 10.1 Å². The molecule has 0 atom stereocenters. The minimum absolute atomic E-state index is 0.154. The lowest BCUT2D eigenvalue weighted by Gasteiger charge is -2.33. The van der Waals surface area contributed by atoms with Crippen molar-refractivity contribution in [3.8, 4) is 0 Å². The van der Waals surface area contributed by atoms with Gasteiger partial charge in [-0.15, -0.1) is 0 Å². The van der Waals surface area contributed by atoms with Crippen molar-refractivity contribution in [3.63, 3.8) is 0 Å². The molecule has 1 aliphatic rings. The van der Waals surface area contributed by atoms with Gasteiger partial charge in [0.05, 0.1) is 12.4 Å². The van der Waals surface area contributed by atoms with Crippen LogP contribution in [0.15, 0.2) is 0 Å². The molecule has 1 aliphatic heterocycles. The van der Waals surface area contributed by atoms with E-state index in [9.17, 15) is 8.42 Å². The molecule has 96 valence electrons. The zero-order valence-electron chi connectivity index (χ0n) is 9.63. The van der Waals surface area contributed by atoms with Gasteiger partial charge in [0.15, 0.2) is 0 Å². The molecule has 0 radical (unpaired) electrons.